The molecule has 1 aliphatic carbocycles. The molecule has 1 saturated carbocycles. The lowest BCUT2D eigenvalue weighted by atomic mass is 10.1. The summed E-state index contributed by atoms with van der Waals surface area (Å²) in [5.41, 5.74) is 2.98. The zero-order valence-electron chi connectivity index (χ0n) is 19.1. The molecule has 1 saturated heterocycles. The first-order valence-corrected chi connectivity index (χ1v) is 13.1. The largest absolute Gasteiger partial charge is 0.368 e. The number of benzene rings is 1. The summed E-state index contributed by atoms with van der Waals surface area (Å²) in [7, 11) is -3.21. The topological polar surface area (TPSA) is 101 Å². The Labute approximate surface area is 194 Å². The zero-order chi connectivity index (χ0) is 23.2. The summed E-state index contributed by atoms with van der Waals surface area (Å²) >= 11 is 0. The Kier molecular flexibility index (Phi) is 5.31. The predicted octanol–water partition coefficient (Wildman–Crippen LogP) is 3.08. The van der Waals surface area contributed by atoms with Crippen molar-refractivity contribution in [3.05, 3.63) is 54.6 Å². The van der Waals surface area contributed by atoms with Crippen molar-refractivity contribution in [3.63, 3.8) is 0 Å². The van der Waals surface area contributed by atoms with Gasteiger partial charge in [-0.1, -0.05) is 26.0 Å². The van der Waals surface area contributed by atoms with Crippen LogP contribution in [0.25, 0.3) is 11.3 Å². The molecule has 1 unspecified atom stereocenters. The van der Waals surface area contributed by atoms with Crippen molar-refractivity contribution in [2.24, 2.45) is 17.3 Å². The second-order valence-corrected chi connectivity index (χ2v) is 11.3. The number of hydrogen-bond donors (Lipinski definition) is 1. The number of nitrogens with one attached hydrogen (secondary N) is 1. The van der Waals surface area contributed by atoms with E-state index in [-0.39, 0.29) is 5.41 Å². The van der Waals surface area contributed by atoms with Crippen LogP contribution in [0.1, 0.15) is 19.4 Å². The van der Waals surface area contributed by atoms with Crippen molar-refractivity contribution < 1.29 is 8.42 Å². The lowest BCUT2D eigenvalue weighted by molar-refractivity contribution is 0.527. The Balaban J connectivity index is 1.16. The fourth-order valence-electron chi connectivity index (χ4n) is 4.92. The van der Waals surface area contributed by atoms with Crippen LogP contribution in [0.4, 0.5) is 11.8 Å². The molecule has 0 amide bonds. The third-order valence-electron chi connectivity index (χ3n) is 7.14. The summed E-state index contributed by atoms with van der Waals surface area (Å²) in [4.78, 5) is 20.7. The van der Waals surface area contributed by atoms with E-state index < -0.39 is 9.84 Å². The maximum Gasteiger partial charge on any atom is 0.225 e. The molecule has 2 aromatic heterocycles. The molecule has 9 heteroatoms. The molecular formula is C24H28N6O2S. The average molecular weight is 465 g/mol. The molecular weight excluding hydrogens is 436 g/mol. The Hall–Kier alpha value is -3.07. The average Bonchev–Trinajstić information content (AvgIpc) is 3.18. The van der Waals surface area contributed by atoms with Gasteiger partial charge in [0.15, 0.2) is 9.84 Å². The first-order chi connectivity index (χ1) is 15.8. The standard InChI is InChI=1S/C24H28N6O2S/c1-4-16-9-28-23(29-10-16)30-14-20-19(24(20,2)15-30)11-26-22-13-25-21(12-27-22)17-5-7-18(8-6-17)33(3,31)32/h5-10,12-13,19-20H,4,11,14-15H2,1-3H3,(H,26,27)/t19-,20?,24+/m1/s1. The number of sulfone groups is 1. The number of piperidine rings is 1. The van der Waals surface area contributed by atoms with Crippen molar-refractivity contribution in [1.82, 2.24) is 19.9 Å². The lowest BCUT2D eigenvalue weighted by Gasteiger charge is -2.22. The van der Waals surface area contributed by atoms with Crippen molar-refractivity contribution in [2.45, 2.75) is 25.2 Å². The van der Waals surface area contributed by atoms with Crippen molar-refractivity contribution in [3.8, 4) is 11.3 Å². The van der Waals surface area contributed by atoms with E-state index in [2.05, 4.69) is 44.0 Å². The fourth-order valence-corrected chi connectivity index (χ4v) is 5.56. The summed E-state index contributed by atoms with van der Waals surface area (Å²) in [5, 5.41) is 3.44. The summed E-state index contributed by atoms with van der Waals surface area (Å²) in [6.45, 7) is 7.28. The number of aromatic nitrogens is 4. The van der Waals surface area contributed by atoms with Crippen LogP contribution in [0.3, 0.4) is 0 Å². The highest BCUT2D eigenvalue weighted by Crippen LogP contribution is 2.63. The first-order valence-electron chi connectivity index (χ1n) is 11.2. The molecule has 33 heavy (non-hydrogen) atoms. The third-order valence-corrected chi connectivity index (χ3v) is 8.26. The molecule has 8 nitrogen and oxygen atoms in total. The molecule has 0 bridgehead atoms. The molecule has 3 aromatic rings. The SMILES string of the molecule is CCc1cnc(N2CC3[C@@H](CNc4cnc(-c5ccc(S(C)(=O)=O)cc5)cn4)[C@]3(C)C2)nc1. The van der Waals surface area contributed by atoms with Gasteiger partial charge in [-0.05, 0) is 41.4 Å². The molecule has 3 atom stereocenters. The van der Waals surface area contributed by atoms with Crippen molar-refractivity contribution in [1.29, 1.82) is 0 Å². The highest BCUT2D eigenvalue weighted by molar-refractivity contribution is 7.90. The molecule has 2 aliphatic rings. The van der Waals surface area contributed by atoms with E-state index in [0.717, 1.165) is 48.9 Å². The number of nitrogens with zero attached hydrogens (tertiary/aromatic N) is 5. The summed E-state index contributed by atoms with van der Waals surface area (Å²) in [6, 6.07) is 6.70. The van der Waals surface area contributed by atoms with Gasteiger partial charge < -0.3 is 10.2 Å². The predicted molar refractivity (Wildman–Crippen MR) is 128 cm³/mol. The highest BCUT2D eigenvalue weighted by atomic mass is 32.2. The maximum atomic E-state index is 11.6. The van der Waals surface area contributed by atoms with Crippen molar-refractivity contribution >= 4 is 21.6 Å². The van der Waals surface area contributed by atoms with Gasteiger partial charge in [0.1, 0.15) is 5.82 Å². The molecule has 1 N–H and O–H groups in total. The zero-order valence-corrected chi connectivity index (χ0v) is 19.9. The Bertz CT molecular complexity index is 1250. The quantitative estimate of drug-likeness (QED) is 0.569. The minimum Gasteiger partial charge on any atom is -0.368 e. The van der Waals surface area contributed by atoms with Gasteiger partial charge in [-0.25, -0.2) is 23.4 Å². The van der Waals surface area contributed by atoms with Crippen LogP contribution in [-0.2, 0) is 16.3 Å². The van der Waals surface area contributed by atoms with Gasteiger partial charge >= 0.3 is 0 Å². The van der Waals surface area contributed by atoms with E-state index in [9.17, 15) is 8.42 Å². The summed E-state index contributed by atoms with van der Waals surface area (Å²) < 4.78 is 23.2. The van der Waals surface area contributed by atoms with Gasteiger partial charge in [-0.3, -0.25) is 4.98 Å². The van der Waals surface area contributed by atoms with Crippen LogP contribution >= 0.6 is 0 Å². The van der Waals surface area contributed by atoms with Gasteiger partial charge in [0, 0.05) is 43.8 Å². The van der Waals surface area contributed by atoms with Crippen LogP contribution in [0.2, 0.25) is 0 Å². The molecule has 1 aliphatic heterocycles. The molecule has 3 heterocycles. The highest BCUT2D eigenvalue weighted by Gasteiger charge is 2.65. The Morgan fingerprint density at radius 3 is 2.33 bits per heavy atom. The fraction of sp³-hybridized carbons (Fsp3) is 0.417. The monoisotopic (exact) mass is 464 g/mol. The van der Waals surface area contributed by atoms with Gasteiger partial charge in [0.05, 0.1) is 23.0 Å². The van der Waals surface area contributed by atoms with E-state index in [0.29, 0.717) is 22.4 Å². The second kappa shape index (κ2) is 8.06. The van der Waals surface area contributed by atoms with Crippen LogP contribution in [0.5, 0.6) is 0 Å². The third kappa shape index (κ3) is 4.17. The van der Waals surface area contributed by atoms with E-state index in [1.807, 2.05) is 12.4 Å². The Morgan fingerprint density at radius 2 is 1.79 bits per heavy atom. The number of aryl methyl sites for hydroxylation is 1. The first kappa shape index (κ1) is 21.8. The number of rotatable bonds is 7. The molecule has 5 rings (SSSR count). The lowest BCUT2D eigenvalue weighted by Crippen LogP contribution is -2.29. The number of fused-ring (bicyclic) bond motifs is 1. The molecule has 172 valence electrons. The minimum absolute atomic E-state index is 0.272. The minimum atomic E-state index is -3.21. The molecule has 0 radical (unpaired) electrons. The maximum absolute atomic E-state index is 11.6. The van der Waals surface area contributed by atoms with Crippen LogP contribution in [0.15, 0.2) is 53.9 Å². The van der Waals surface area contributed by atoms with Crippen LogP contribution in [0, 0.1) is 17.3 Å². The normalized spacial score (nSPS) is 23.9. The van der Waals surface area contributed by atoms with Gasteiger partial charge in [-0.15, -0.1) is 0 Å². The number of anilines is 2. The summed E-state index contributed by atoms with van der Waals surface area (Å²) in [5.74, 6) is 2.79. The van der Waals surface area contributed by atoms with E-state index in [4.69, 9.17) is 0 Å². The van der Waals surface area contributed by atoms with Gasteiger partial charge in [0.2, 0.25) is 5.95 Å². The molecule has 2 fully saturated rings. The summed E-state index contributed by atoms with van der Waals surface area (Å²) in [6.07, 6.45) is 9.45. The van der Waals surface area contributed by atoms with E-state index in [1.54, 1.807) is 36.7 Å². The van der Waals surface area contributed by atoms with E-state index >= 15 is 0 Å². The van der Waals surface area contributed by atoms with Gasteiger partial charge in [-0.2, -0.15) is 0 Å². The number of hydrogen-bond acceptors (Lipinski definition) is 8. The van der Waals surface area contributed by atoms with E-state index in [1.165, 1.54) is 6.26 Å². The Morgan fingerprint density at radius 1 is 1.06 bits per heavy atom. The second-order valence-electron chi connectivity index (χ2n) is 9.31. The van der Waals surface area contributed by atoms with Crippen molar-refractivity contribution in [2.75, 3.05) is 36.1 Å². The van der Waals surface area contributed by atoms with Gasteiger partial charge in [0.25, 0.3) is 0 Å². The molecule has 1 aromatic carbocycles. The molecule has 0 spiro atoms. The van der Waals surface area contributed by atoms with Crippen LogP contribution in [-0.4, -0.2) is 54.2 Å². The van der Waals surface area contributed by atoms with Crippen LogP contribution < -0.4 is 10.2 Å². The smallest absolute Gasteiger partial charge is 0.225 e.